The molecule has 0 saturated carbocycles. The van der Waals surface area contributed by atoms with E-state index in [4.69, 9.17) is 9.84 Å². The second-order valence-electron chi connectivity index (χ2n) is 5.25. The SMILES string of the molecule is O=C1c2ncn(C3O[C@H](CO)[C@@H](O)[C@H]3O)c2NC2=NC=NC12. The molecule has 0 aliphatic carbocycles. The molecule has 10 nitrogen and oxygen atoms in total. The number of aliphatic hydroxyl groups excluding tert-OH is 3. The molecule has 4 rings (SSSR count). The number of carbonyl (C=O) groups excluding carboxylic acids is 1. The predicted molar refractivity (Wildman–Crippen MR) is 72.9 cm³/mol. The lowest BCUT2D eigenvalue weighted by Gasteiger charge is -2.23. The monoisotopic (exact) mass is 307 g/mol. The number of imidazole rings is 1. The van der Waals surface area contributed by atoms with E-state index in [2.05, 4.69) is 20.3 Å². The number of anilines is 1. The van der Waals surface area contributed by atoms with Crippen LogP contribution >= 0.6 is 0 Å². The average Bonchev–Trinajstić information content (AvgIpc) is 3.20. The van der Waals surface area contributed by atoms with Gasteiger partial charge in [0.25, 0.3) is 0 Å². The summed E-state index contributed by atoms with van der Waals surface area (Å²) in [5, 5.41) is 32.0. The fourth-order valence-corrected chi connectivity index (χ4v) is 2.81. The number of aromatic nitrogens is 2. The van der Waals surface area contributed by atoms with Crippen LogP contribution < -0.4 is 5.32 Å². The van der Waals surface area contributed by atoms with Gasteiger partial charge in [-0.05, 0) is 0 Å². The van der Waals surface area contributed by atoms with Gasteiger partial charge in [0.15, 0.2) is 18.0 Å². The fraction of sp³-hybridized carbons (Fsp3) is 0.500. The zero-order chi connectivity index (χ0) is 15.4. The Balaban J connectivity index is 1.72. The number of Topliss-reactive ketones (excluding diaryl/α,β-unsaturated/α-hetero) is 1. The van der Waals surface area contributed by atoms with Crippen molar-refractivity contribution in [1.82, 2.24) is 9.55 Å². The maximum atomic E-state index is 12.3. The molecular formula is C12H13N5O5. The van der Waals surface area contributed by atoms with Crippen molar-refractivity contribution in [1.29, 1.82) is 0 Å². The summed E-state index contributed by atoms with van der Waals surface area (Å²) in [7, 11) is 0. The molecule has 116 valence electrons. The highest BCUT2D eigenvalue weighted by molar-refractivity contribution is 6.27. The number of nitrogens with zero attached hydrogens (tertiary/aromatic N) is 4. The van der Waals surface area contributed by atoms with E-state index in [0.717, 1.165) is 0 Å². The standard InChI is InChI=1S/C12H13N5O5/c18-1-4-7(19)9(21)12(22-4)17-3-15-6-8(20)5-10(14-2-13-5)16-11(6)17/h2-5,7,9,12,18-19,21H,1H2,(H,13,14,16)/t4-,5?,7-,9-,12?/m1/s1. The van der Waals surface area contributed by atoms with E-state index in [0.29, 0.717) is 11.7 Å². The molecule has 0 aromatic carbocycles. The summed E-state index contributed by atoms with van der Waals surface area (Å²) in [6.45, 7) is -0.430. The van der Waals surface area contributed by atoms with Crippen molar-refractivity contribution in [3.63, 3.8) is 0 Å². The zero-order valence-electron chi connectivity index (χ0n) is 11.2. The number of fused-ring (bicyclic) bond motifs is 2. The van der Waals surface area contributed by atoms with Crippen LogP contribution in [0.15, 0.2) is 16.3 Å². The number of ether oxygens (including phenoxy) is 1. The van der Waals surface area contributed by atoms with Crippen LogP contribution in [0.2, 0.25) is 0 Å². The maximum absolute atomic E-state index is 12.3. The Bertz CT molecular complexity index is 698. The number of rotatable bonds is 2. The quantitative estimate of drug-likeness (QED) is 0.491. The molecule has 1 aromatic rings. The number of aliphatic hydroxyl groups is 3. The van der Waals surface area contributed by atoms with Gasteiger partial charge in [-0.1, -0.05) is 0 Å². The van der Waals surface area contributed by atoms with Gasteiger partial charge in [0.05, 0.1) is 12.9 Å². The van der Waals surface area contributed by atoms with Crippen LogP contribution in [-0.2, 0) is 4.74 Å². The molecule has 0 radical (unpaired) electrons. The van der Waals surface area contributed by atoms with Crippen molar-refractivity contribution >= 4 is 23.8 Å². The van der Waals surface area contributed by atoms with Gasteiger partial charge in [-0.25, -0.2) is 9.98 Å². The fourth-order valence-electron chi connectivity index (χ4n) is 2.81. The first kappa shape index (κ1) is 13.5. The molecule has 3 aliphatic heterocycles. The Kier molecular flexibility index (Phi) is 2.87. The van der Waals surface area contributed by atoms with Gasteiger partial charge in [0.1, 0.15) is 36.3 Å². The summed E-state index contributed by atoms with van der Waals surface area (Å²) >= 11 is 0. The van der Waals surface area contributed by atoms with Crippen LogP contribution in [0.1, 0.15) is 16.7 Å². The molecule has 4 N–H and O–H groups in total. The van der Waals surface area contributed by atoms with Gasteiger partial charge in [0.2, 0.25) is 5.78 Å². The zero-order valence-corrected chi connectivity index (χ0v) is 11.2. The predicted octanol–water partition coefficient (Wildman–Crippen LogP) is -2.09. The highest BCUT2D eigenvalue weighted by Gasteiger charge is 2.46. The first-order valence-corrected chi connectivity index (χ1v) is 6.71. The number of nitrogens with one attached hydrogen (secondary N) is 1. The van der Waals surface area contributed by atoms with Crippen LogP contribution in [-0.4, -0.2) is 73.8 Å². The summed E-state index contributed by atoms with van der Waals surface area (Å²) in [5.41, 5.74) is 0.167. The average molecular weight is 307 g/mol. The minimum atomic E-state index is -1.26. The molecule has 1 fully saturated rings. The lowest BCUT2D eigenvalue weighted by atomic mass is 10.1. The van der Waals surface area contributed by atoms with Gasteiger partial charge in [-0.2, -0.15) is 0 Å². The molecule has 0 amide bonds. The number of amidine groups is 1. The smallest absolute Gasteiger partial charge is 0.217 e. The van der Waals surface area contributed by atoms with Crippen molar-refractivity contribution in [3.8, 4) is 0 Å². The van der Waals surface area contributed by atoms with Crippen molar-refractivity contribution in [2.24, 2.45) is 9.98 Å². The van der Waals surface area contributed by atoms with E-state index in [1.54, 1.807) is 0 Å². The largest absolute Gasteiger partial charge is 0.394 e. The Morgan fingerprint density at radius 3 is 2.91 bits per heavy atom. The summed E-state index contributed by atoms with van der Waals surface area (Å²) in [4.78, 5) is 24.3. The van der Waals surface area contributed by atoms with E-state index in [1.165, 1.54) is 17.2 Å². The van der Waals surface area contributed by atoms with E-state index in [-0.39, 0.29) is 11.5 Å². The molecule has 1 saturated heterocycles. The summed E-state index contributed by atoms with van der Waals surface area (Å²) < 4.78 is 6.85. The molecule has 10 heteroatoms. The van der Waals surface area contributed by atoms with Crippen LogP contribution in [0.5, 0.6) is 0 Å². The molecule has 4 heterocycles. The van der Waals surface area contributed by atoms with Gasteiger partial charge in [0, 0.05) is 0 Å². The molecule has 2 unspecified atom stereocenters. The third-order valence-electron chi connectivity index (χ3n) is 3.98. The Hall–Kier alpha value is -2.14. The van der Waals surface area contributed by atoms with E-state index >= 15 is 0 Å². The van der Waals surface area contributed by atoms with Crippen LogP contribution in [0, 0.1) is 0 Å². The first-order chi connectivity index (χ1) is 10.6. The molecule has 0 bridgehead atoms. The Morgan fingerprint density at radius 2 is 2.18 bits per heavy atom. The van der Waals surface area contributed by atoms with Crippen LogP contribution in [0.4, 0.5) is 5.82 Å². The van der Waals surface area contributed by atoms with E-state index < -0.39 is 37.2 Å². The van der Waals surface area contributed by atoms with Crippen molar-refractivity contribution in [3.05, 3.63) is 12.0 Å². The van der Waals surface area contributed by atoms with Crippen LogP contribution in [0.25, 0.3) is 0 Å². The molecule has 3 aliphatic rings. The van der Waals surface area contributed by atoms with Crippen LogP contribution in [0.3, 0.4) is 0 Å². The van der Waals surface area contributed by atoms with Crippen molar-refractivity contribution < 1.29 is 24.9 Å². The van der Waals surface area contributed by atoms with Gasteiger partial charge >= 0.3 is 0 Å². The Morgan fingerprint density at radius 1 is 1.36 bits per heavy atom. The van der Waals surface area contributed by atoms with Crippen molar-refractivity contribution in [2.75, 3.05) is 11.9 Å². The highest BCUT2D eigenvalue weighted by Crippen LogP contribution is 2.34. The summed E-state index contributed by atoms with van der Waals surface area (Å²) in [5.74, 6) is 0.401. The number of hydrogen-bond donors (Lipinski definition) is 4. The molecule has 22 heavy (non-hydrogen) atoms. The van der Waals surface area contributed by atoms with Gasteiger partial charge < -0.3 is 25.4 Å². The molecule has 0 spiro atoms. The maximum Gasteiger partial charge on any atom is 0.217 e. The first-order valence-electron chi connectivity index (χ1n) is 6.71. The van der Waals surface area contributed by atoms with Gasteiger partial charge in [-0.3, -0.25) is 14.4 Å². The van der Waals surface area contributed by atoms with Crippen molar-refractivity contribution in [2.45, 2.75) is 30.6 Å². The number of ketones is 1. The number of hydrogen-bond acceptors (Lipinski definition) is 9. The molecular weight excluding hydrogens is 294 g/mol. The minimum Gasteiger partial charge on any atom is -0.394 e. The second kappa shape index (κ2) is 4.68. The number of carbonyl (C=O) groups is 1. The highest BCUT2D eigenvalue weighted by atomic mass is 16.6. The van der Waals surface area contributed by atoms with Gasteiger partial charge in [-0.15, -0.1) is 0 Å². The molecule has 1 aromatic heterocycles. The third-order valence-corrected chi connectivity index (χ3v) is 3.98. The molecule has 5 atom stereocenters. The van der Waals surface area contributed by atoms with E-state index in [9.17, 15) is 15.0 Å². The third kappa shape index (κ3) is 1.69. The summed E-state index contributed by atoms with van der Waals surface area (Å²) in [6.07, 6.45) is -1.73. The number of aliphatic imine (C=N–C) groups is 2. The lowest BCUT2D eigenvalue weighted by Crippen LogP contribution is -2.38. The minimum absolute atomic E-state index is 0.167. The lowest BCUT2D eigenvalue weighted by molar-refractivity contribution is -0.0518. The topological polar surface area (TPSA) is 142 Å². The summed E-state index contributed by atoms with van der Waals surface area (Å²) in [6, 6.07) is -0.707. The Labute approximate surface area is 123 Å². The second-order valence-corrected chi connectivity index (χ2v) is 5.25. The normalized spacial score (nSPS) is 36.0. The van der Waals surface area contributed by atoms with E-state index in [1.807, 2.05) is 0 Å².